The van der Waals surface area contributed by atoms with E-state index in [1.165, 1.54) is 5.56 Å². The molecule has 2 nitrogen and oxygen atoms in total. The average Bonchev–Trinajstić information content (AvgIpc) is 2.38. The third-order valence-corrected chi connectivity index (χ3v) is 3.16. The molecule has 0 aliphatic carbocycles. The lowest BCUT2D eigenvalue weighted by Crippen LogP contribution is -2.35. The van der Waals surface area contributed by atoms with E-state index in [1.54, 1.807) is 12.1 Å². The van der Waals surface area contributed by atoms with Crippen LogP contribution in [0.25, 0.3) is 11.1 Å². The maximum absolute atomic E-state index is 13.7. The van der Waals surface area contributed by atoms with E-state index in [0.717, 1.165) is 25.0 Å². The molecule has 104 valence electrons. The zero-order valence-corrected chi connectivity index (χ0v) is 11.1. The molecular weight excluding hydrogens is 261 g/mol. The van der Waals surface area contributed by atoms with Crippen LogP contribution in [-0.2, 0) is 6.42 Å². The van der Waals surface area contributed by atoms with Crippen LogP contribution < -0.4 is 5.46 Å². The first-order valence-electron chi connectivity index (χ1n) is 6.47. The van der Waals surface area contributed by atoms with Gasteiger partial charge in [0.1, 0.15) is 11.6 Å². The Hall–Kier alpha value is -1.72. The number of benzene rings is 2. The number of hydrogen-bond donors (Lipinski definition) is 2. The second kappa shape index (κ2) is 6.16. The second-order valence-electron chi connectivity index (χ2n) is 4.67. The van der Waals surface area contributed by atoms with Crippen molar-refractivity contribution in [1.29, 1.82) is 0 Å². The summed E-state index contributed by atoms with van der Waals surface area (Å²) < 4.78 is 27.4. The van der Waals surface area contributed by atoms with Crippen LogP contribution in [0.3, 0.4) is 0 Å². The minimum atomic E-state index is -2.16. The summed E-state index contributed by atoms with van der Waals surface area (Å²) in [6.07, 6.45) is 1.99. The molecule has 0 unspecified atom stereocenters. The highest BCUT2D eigenvalue weighted by Crippen LogP contribution is 2.22. The monoisotopic (exact) mass is 276 g/mol. The average molecular weight is 276 g/mol. The Morgan fingerprint density at radius 2 is 1.50 bits per heavy atom. The van der Waals surface area contributed by atoms with Gasteiger partial charge >= 0.3 is 7.12 Å². The third-order valence-electron chi connectivity index (χ3n) is 3.16. The SMILES string of the molecule is CCCc1ccc(-c2cc(F)c(B(O)O)c(F)c2)cc1. The Morgan fingerprint density at radius 3 is 1.95 bits per heavy atom. The van der Waals surface area contributed by atoms with E-state index in [-0.39, 0.29) is 0 Å². The van der Waals surface area contributed by atoms with Gasteiger partial charge in [-0.05, 0) is 35.2 Å². The normalized spacial score (nSPS) is 10.7. The summed E-state index contributed by atoms with van der Waals surface area (Å²) in [6, 6.07) is 9.65. The van der Waals surface area contributed by atoms with Gasteiger partial charge in [0.15, 0.2) is 0 Å². The predicted molar refractivity (Wildman–Crippen MR) is 75.6 cm³/mol. The maximum atomic E-state index is 13.7. The van der Waals surface area contributed by atoms with E-state index in [4.69, 9.17) is 10.0 Å². The molecule has 5 heteroatoms. The van der Waals surface area contributed by atoms with Crippen molar-refractivity contribution in [3.63, 3.8) is 0 Å². The van der Waals surface area contributed by atoms with Crippen LogP contribution in [0.2, 0.25) is 0 Å². The highest BCUT2D eigenvalue weighted by Gasteiger charge is 2.22. The van der Waals surface area contributed by atoms with Gasteiger partial charge in [-0.2, -0.15) is 0 Å². The molecule has 0 fully saturated rings. The number of hydrogen-bond acceptors (Lipinski definition) is 2. The van der Waals surface area contributed by atoms with Crippen molar-refractivity contribution in [3.8, 4) is 11.1 Å². The van der Waals surface area contributed by atoms with Gasteiger partial charge in [-0.15, -0.1) is 0 Å². The predicted octanol–water partition coefficient (Wildman–Crippen LogP) is 2.26. The first kappa shape index (κ1) is 14.7. The topological polar surface area (TPSA) is 40.5 Å². The van der Waals surface area contributed by atoms with Crippen molar-refractivity contribution in [3.05, 3.63) is 53.6 Å². The first-order chi connectivity index (χ1) is 9.52. The van der Waals surface area contributed by atoms with Gasteiger partial charge in [0.25, 0.3) is 0 Å². The van der Waals surface area contributed by atoms with Crippen LogP contribution in [0, 0.1) is 11.6 Å². The molecule has 0 aromatic heterocycles. The van der Waals surface area contributed by atoms with Crippen LogP contribution in [0.4, 0.5) is 8.78 Å². The number of aryl methyl sites for hydroxylation is 1. The fraction of sp³-hybridized carbons (Fsp3) is 0.200. The van der Waals surface area contributed by atoms with E-state index in [0.29, 0.717) is 11.1 Å². The summed E-state index contributed by atoms with van der Waals surface area (Å²) in [7, 11) is -2.16. The van der Waals surface area contributed by atoms with E-state index in [9.17, 15) is 8.78 Å². The fourth-order valence-corrected chi connectivity index (χ4v) is 2.15. The van der Waals surface area contributed by atoms with Crippen LogP contribution in [0.5, 0.6) is 0 Å². The highest BCUT2D eigenvalue weighted by molar-refractivity contribution is 6.58. The minimum absolute atomic E-state index is 0.368. The van der Waals surface area contributed by atoms with Crippen molar-refractivity contribution in [2.24, 2.45) is 0 Å². The van der Waals surface area contributed by atoms with Crippen LogP contribution >= 0.6 is 0 Å². The van der Waals surface area contributed by atoms with Crippen LogP contribution in [0.1, 0.15) is 18.9 Å². The molecule has 0 saturated carbocycles. The highest BCUT2D eigenvalue weighted by atomic mass is 19.1. The lowest BCUT2D eigenvalue weighted by atomic mass is 9.78. The molecule has 0 amide bonds. The Morgan fingerprint density at radius 1 is 0.950 bits per heavy atom. The van der Waals surface area contributed by atoms with Gasteiger partial charge < -0.3 is 10.0 Å². The molecule has 20 heavy (non-hydrogen) atoms. The van der Waals surface area contributed by atoms with Crippen molar-refractivity contribution < 1.29 is 18.8 Å². The van der Waals surface area contributed by atoms with E-state index in [2.05, 4.69) is 6.92 Å². The summed E-state index contributed by atoms with van der Waals surface area (Å²) in [5.41, 5.74) is 1.49. The molecule has 0 spiro atoms. The Labute approximate surface area is 116 Å². The molecule has 0 aliphatic rings. The van der Waals surface area contributed by atoms with Gasteiger partial charge in [0.05, 0.1) is 5.46 Å². The van der Waals surface area contributed by atoms with E-state index in [1.807, 2.05) is 12.1 Å². The summed E-state index contributed by atoms with van der Waals surface area (Å²) in [6.45, 7) is 2.08. The lowest BCUT2D eigenvalue weighted by Gasteiger charge is -2.08. The standard InChI is InChI=1S/C15H15BF2O2/c1-2-3-10-4-6-11(7-5-10)12-8-13(17)15(16(19)20)14(18)9-12/h4-9,19-20H,2-3H2,1H3. The van der Waals surface area contributed by atoms with Gasteiger partial charge in [-0.25, -0.2) is 8.78 Å². The van der Waals surface area contributed by atoms with Crippen molar-refractivity contribution in [1.82, 2.24) is 0 Å². The molecule has 0 bridgehead atoms. The molecule has 2 N–H and O–H groups in total. The summed E-state index contributed by atoms with van der Waals surface area (Å²) in [5, 5.41) is 17.8. The molecule has 0 atom stereocenters. The largest absolute Gasteiger partial charge is 0.494 e. The third kappa shape index (κ3) is 3.06. The zero-order chi connectivity index (χ0) is 14.7. The Kier molecular flexibility index (Phi) is 4.52. The van der Waals surface area contributed by atoms with Gasteiger partial charge in [-0.1, -0.05) is 37.6 Å². The number of halogens is 2. The van der Waals surface area contributed by atoms with Gasteiger partial charge in [0.2, 0.25) is 0 Å². The smallest absolute Gasteiger partial charge is 0.423 e. The molecule has 2 aromatic carbocycles. The molecule has 2 rings (SSSR count). The number of rotatable bonds is 4. The van der Waals surface area contributed by atoms with E-state index >= 15 is 0 Å². The van der Waals surface area contributed by atoms with Crippen LogP contribution in [-0.4, -0.2) is 17.2 Å². The molecule has 0 aliphatic heterocycles. The Balaban J connectivity index is 2.38. The zero-order valence-electron chi connectivity index (χ0n) is 11.1. The van der Waals surface area contributed by atoms with Crippen molar-refractivity contribution in [2.75, 3.05) is 0 Å². The second-order valence-corrected chi connectivity index (χ2v) is 4.67. The van der Waals surface area contributed by atoms with Gasteiger partial charge in [0, 0.05) is 0 Å². The maximum Gasteiger partial charge on any atom is 0.494 e. The summed E-state index contributed by atoms with van der Waals surface area (Å²) in [4.78, 5) is 0. The van der Waals surface area contributed by atoms with E-state index < -0.39 is 24.2 Å². The molecular formula is C15H15BF2O2. The molecule has 0 radical (unpaired) electrons. The minimum Gasteiger partial charge on any atom is -0.423 e. The van der Waals surface area contributed by atoms with Crippen molar-refractivity contribution >= 4 is 12.6 Å². The fourth-order valence-electron chi connectivity index (χ4n) is 2.15. The first-order valence-corrected chi connectivity index (χ1v) is 6.47. The lowest BCUT2D eigenvalue weighted by molar-refractivity contribution is 0.419. The Bertz CT molecular complexity index is 574. The van der Waals surface area contributed by atoms with Gasteiger partial charge in [-0.3, -0.25) is 0 Å². The molecule has 2 aromatic rings. The molecule has 0 heterocycles. The van der Waals surface area contributed by atoms with Crippen LogP contribution in [0.15, 0.2) is 36.4 Å². The van der Waals surface area contributed by atoms with Crippen molar-refractivity contribution in [2.45, 2.75) is 19.8 Å². The quantitative estimate of drug-likeness (QED) is 0.841. The molecule has 0 saturated heterocycles. The summed E-state index contributed by atoms with van der Waals surface area (Å²) >= 11 is 0. The summed E-state index contributed by atoms with van der Waals surface area (Å²) in [5.74, 6) is -1.93.